The molecule has 218 valence electrons. The second kappa shape index (κ2) is 13.7. The number of benzene rings is 1. The summed E-state index contributed by atoms with van der Waals surface area (Å²) in [5.41, 5.74) is 1.97. The summed E-state index contributed by atoms with van der Waals surface area (Å²) in [6, 6.07) is 12.2. The molecule has 3 rings (SSSR count). The molecule has 1 aliphatic rings. The van der Waals surface area contributed by atoms with Crippen molar-refractivity contribution in [1.29, 1.82) is 0 Å². The second-order valence-electron chi connectivity index (χ2n) is 12.0. The fourth-order valence-corrected chi connectivity index (χ4v) is 4.82. The van der Waals surface area contributed by atoms with Crippen molar-refractivity contribution in [3.8, 4) is 11.3 Å². The van der Waals surface area contributed by atoms with E-state index >= 15 is 0 Å². The molecular weight excluding hydrogens is 508 g/mol. The summed E-state index contributed by atoms with van der Waals surface area (Å²) < 4.78 is 5.47. The van der Waals surface area contributed by atoms with Gasteiger partial charge >= 0.3 is 6.09 Å². The van der Waals surface area contributed by atoms with Crippen LogP contribution in [0.4, 0.5) is 4.79 Å². The zero-order chi connectivity index (χ0) is 29.4. The van der Waals surface area contributed by atoms with Gasteiger partial charge in [-0.2, -0.15) is 0 Å². The van der Waals surface area contributed by atoms with Crippen molar-refractivity contribution in [2.75, 3.05) is 20.1 Å². The predicted octanol–water partition coefficient (Wildman–Crippen LogP) is 4.04. The molecule has 0 bridgehead atoms. The molecule has 2 aromatic rings. The number of rotatable bonds is 8. The van der Waals surface area contributed by atoms with Crippen LogP contribution >= 0.6 is 0 Å². The van der Waals surface area contributed by atoms with Gasteiger partial charge in [-0.15, -0.1) is 0 Å². The molecule has 3 amide bonds. The molecule has 2 unspecified atom stereocenters. The van der Waals surface area contributed by atoms with E-state index in [0.29, 0.717) is 25.8 Å². The maximum atomic E-state index is 13.4. The summed E-state index contributed by atoms with van der Waals surface area (Å²) in [5.74, 6) is -0.257. The fraction of sp³-hybridized carbons (Fsp3) is 0.548. The first-order valence-electron chi connectivity index (χ1n) is 14.1. The van der Waals surface area contributed by atoms with Crippen LogP contribution in [0.15, 0.2) is 48.7 Å². The molecule has 1 fully saturated rings. The van der Waals surface area contributed by atoms with Gasteiger partial charge < -0.3 is 20.1 Å². The Bertz CT molecular complexity index is 1150. The Morgan fingerprint density at radius 1 is 1.18 bits per heavy atom. The van der Waals surface area contributed by atoms with E-state index in [1.807, 2.05) is 56.3 Å². The normalized spacial score (nSPS) is 18.6. The molecule has 1 aromatic heterocycles. The van der Waals surface area contributed by atoms with E-state index in [0.717, 1.165) is 16.8 Å². The zero-order valence-electron chi connectivity index (χ0n) is 24.6. The lowest BCUT2D eigenvalue weighted by Gasteiger charge is -2.32. The lowest BCUT2D eigenvalue weighted by Crippen LogP contribution is -2.54. The van der Waals surface area contributed by atoms with Crippen molar-refractivity contribution >= 4 is 17.9 Å². The summed E-state index contributed by atoms with van der Waals surface area (Å²) in [4.78, 5) is 46.6. The van der Waals surface area contributed by atoms with Gasteiger partial charge in [-0.1, -0.05) is 38.1 Å². The number of likely N-dealkylation sites (tertiary alicyclic amines) is 1. The number of aliphatic hydroxyl groups is 1. The number of carbonyl (C=O) groups excluding carboxylic acids is 3. The lowest BCUT2D eigenvalue weighted by molar-refractivity contribution is -0.131. The van der Waals surface area contributed by atoms with E-state index in [-0.39, 0.29) is 30.7 Å². The number of hydrogen-bond acceptors (Lipinski definition) is 6. The first-order chi connectivity index (χ1) is 18.8. The molecular formula is C31H44N4O5. The van der Waals surface area contributed by atoms with Crippen molar-refractivity contribution in [2.24, 2.45) is 5.92 Å². The second-order valence-corrected chi connectivity index (χ2v) is 12.0. The van der Waals surface area contributed by atoms with Gasteiger partial charge in [0.05, 0.1) is 24.3 Å². The van der Waals surface area contributed by atoms with Crippen LogP contribution in [0.25, 0.3) is 11.3 Å². The summed E-state index contributed by atoms with van der Waals surface area (Å²) in [5, 5.41) is 14.0. The average Bonchev–Trinajstić information content (AvgIpc) is 3.07. The largest absolute Gasteiger partial charge is 0.444 e. The highest BCUT2D eigenvalue weighted by Gasteiger charge is 2.34. The van der Waals surface area contributed by atoms with Crippen LogP contribution in [0.1, 0.15) is 59.4 Å². The van der Waals surface area contributed by atoms with Gasteiger partial charge in [-0.25, -0.2) is 4.79 Å². The van der Waals surface area contributed by atoms with Gasteiger partial charge in [0.25, 0.3) is 0 Å². The van der Waals surface area contributed by atoms with Crippen molar-refractivity contribution in [3.63, 3.8) is 0 Å². The lowest BCUT2D eigenvalue weighted by atomic mass is 10.0. The van der Waals surface area contributed by atoms with Crippen molar-refractivity contribution in [1.82, 2.24) is 20.1 Å². The number of aromatic nitrogens is 1. The van der Waals surface area contributed by atoms with Crippen LogP contribution in [0.3, 0.4) is 0 Å². The molecule has 40 heavy (non-hydrogen) atoms. The fourth-order valence-electron chi connectivity index (χ4n) is 4.82. The van der Waals surface area contributed by atoms with Gasteiger partial charge in [0, 0.05) is 31.9 Å². The summed E-state index contributed by atoms with van der Waals surface area (Å²) in [6.45, 7) is 9.93. The van der Waals surface area contributed by atoms with Gasteiger partial charge in [-0.05, 0) is 69.7 Å². The highest BCUT2D eigenvalue weighted by atomic mass is 16.6. The van der Waals surface area contributed by atoms with E-state index < -0.39 is 29.9 Å². The molecule has 2 heterocycles. The number of β-amino-alcohol motifs (C(OH)–C–C–N with tert-alkyl or cyclic N) is 1. The number of hydrogen-bond donors (Lipinski definition) is 2. The number of ether oxygens (including phenoxy) is 1. The Morgan fingerprint density at radius 2 is 1.93 bits per heavy atom. The van der Waals surface area contributed by atoms with Crippen LogP contribution in [0.5, 0.6) is 0 Å². The number of nitrogens with zero attached hydrogens (tertiary/aromatic N) is 3. The molecule has 0 radical (unpaired) electrons. The first-order valence-corrected chi connectivity index (χ1v) is 14.1. The molecule has 0 aliphatic carbocycles. The Kier molecular flexibility index (Phi) is 10.7. The van der Waals surface area contributed by atoms with Gasteiger partial charge in [0.1, 0.15) is 11.6 Å². The average molecular weight is 553 g/mol. The maximum absolute atomic E-state index is 13.4. The summed E-state index contributed by atoms with van der Waals surface area (Å²) in [7, 11) is 1.56. The molecule has 1 aromatic carbocycles. The Labute approximate surface area is 237 Å². The highest BCUT2D eigenvalue weighted by molar-refractivity contribution is 5.86. The minimum Gasteiger partial charge on any atom is -0.444 e. The molecule has 9 heteroatoms. The third kappa shape index (κ3) is 9.05. The van der Waals surface area contributed by atoms with Crippen molar-refractivity contribution in [2.45, 2.75) is 84.1 Å². The van der Waals surface area contributed by atoms with Crippen LogP contribution < -0.4 is 5.32 Å². The standard InChI is InChI=1S/C31H44N4O5/c1-21(2)17-26(34(6)30(39)40-31(3,4)5)29(38)33-25-14-10-16-35(20-27(25)36)28(37)19-22-11-9-12-23(18-22)24-13-7-8-15-32-24/h7-9,11-13,15,18,21,25-27,36H,10,14,16-17,19-20H2,1-6H3,(H,33,38)/t25?,26?,27-/m0/s1. The quantitative estimate of drug-likeness (QED) is 0.511. The SMILES string of the molecule is CC(C)CC(C(=O)NC1CCCN(C(=O)Cc2cccc(-c3ccccn3)c2)C[C@@H]1O)N(C)C(=O)OC(C)(C)C. The molecule has 3 atom stereocenters. The smallest absolute Gasteiger partial charge is 0.410 e. The van der Waals surface area contributed by atoms with Gasteiger partial charge in [0.15, 0.2) is 0 Å². The zero-order valence-corrected chi connectivity index (χ0v) is 24.6. The highest BCUT2D eigenvalue weighted by Crippen LogP contribution is 2.21. The maximum Gasteiger partial charge on any atom is 0.410 e. The van der Waals surface area contributed by atoms with E-state index in [1.165, 1.54) is 4.90 Å². The summed E-state index contributed by atoms with van der Waals surface area (Å²) in [6.07, 6.45) is 2.06. The Hall–Kier alpha value is -3.46. The van der Waals surface area contributed by atoms with Crippen molar-refractivity contribution in [3.05, 3.63) is 54.2 Å². The Balaban J connectivity index is 1.63. The van der Waals surface area contributed by atoms with E-state index in [2.05, 4.69) is 10.3 Å². The molecule has 9 nitrogen and oxygen atoms in total. The minimum absolute atomic E-state index is 0.0773. The number of aliphatic hydroxyl groups excluding tert-OH is 1. The molecule has 1 aliphatic heterocycles. The van der Waals surface area contributed by atoms with E-state index in [4.69, 9.17) is 4.74 Å². The van der Waals surface area contributed by atoms with Crippen LogP contribution in [0, 0.1) is 5.92 Å². The molecule has 1 saturated heterocycles. The third-order valence-electron chi connectivity index (χ3n) is 6.88. The first kappa shape index (κ1) is 31.1. The van der Waals surface area contributed by atoms with Gasteiger partial charge in [-0.3, -0.25) is 19.5 Å². The topological polar surface area (TPSA) is 112 Å². The number of pyridine rings is 1. The number of amides is 3. The van der Waals surface area contributed by atoms with Crippen molar-refractivity contribution < 1.29 is 24.2 Å². The Morgan fingerprint density at radius 3 is 2.58 bits per heavy atom. The number of nitrogens with one attached hydrogen (secondary N) is 1. The molecule has 0 saturated carbocycles. The minimum atomic E-state index is -0.929. The predicted molar refractivity (Wildman–Crippen MR) is 154 cm³/mol. The van der Waals surface area contributed by atoms with Gasteiger partial charge in [0.2, 0.25) is 11.8 Å². The number of carbonyl (C=O) groups is 3. The van der Waals surface area contributed by atoms with Crippen LogP contribution in [0.2, 0.25) is 0 Å². The monoisotopic (exact) mass is 552 g/mol. The molecule has 2 N–H and O–H groups in total. The number of likely N-dealkylation sites (N-methyl/N-ethyl adjacent to an activating group) is 1. The van der Waals surface area contributed by atoms with Crippen LogP contribution in [-0.4, -0.2) is 81.7 Å². The molecule has 0 spiro atoms. The summed E-state index contributed by atoms with van der Waals surface area (Å²) >= 11 is 0. The van der Waals surface area contributed by atoms with E-state index in [1.54, 1.807) is 38.9 Å². The third-order valence-corrected chi connectivity index (χ3v) is 6.88. The van der Waals surface area contributed by atoms with Crippen LogP contribution in [-0.2, 0) is 20.7 Å². The van der Waals surface area contributed by atoms with E-state index in [9.17, 15) is 19.5 Å².